The van der Waals surface area contributed by atoms with Gasteiger partial charge in [0.05, 0.1) is 5.69 Å². The first-order chi connectivity index (χ1) is 12.6. The molecule has 4 aromatic rings. The fourth-order valence-electron chi connectivity index (χ4n) is 2.49. The quantitative estimate of drug-likeness (QED) is 0.534. The van der Waals surface area contributed by atoms with E-state index < -0.39 is 17.7 Å². The van der Waals surface area contributed by atoms with E-state index in [1.165, 1.54) is 17.4 Å². The van der Waals surface area contributed by atoms with Gasteiger partial charge in [0.1, 0.15) is 0 Å². The van der Waals surface area contributed by atoms with Crippen molar-refractivity contribution in [2.75, 3.05) is 10.6 Å². The van der Waals surface area contributed by atoms with Crippen LogP contribution in [0.3, 0.4) is 0 Å². The number of carbonyl (C=O) groups is 1. The van der Waals surface area contributed by atoms with E-state index >= 15 is 0 Å². The Balaban J connectivity index is 1.50. The number of amides is 2. The van der Waals surface area contributed by atoms with Crippen molar-refractivity contribution in [3.05, 3.63) is 71.9 Å². The number of anilines is 2. The Morgan fingerprint density at radius 1 is 1.04 bits per heavy atom. The molecule has 8 heteroatoms. The van der Waals surface area contributed by atoms with Crippen LogP contribution in [-0.4, -0.2) is 15.4 Å². The highest BCUT2D eigenvalue weighted by molar-refractivity contribution is 7.15. The van der Waals surface area contributed by atoms with Gasteiger partial charge in [0.15, 0.2) is 16.6 Å². The molecule has 0 atom stereocenters. The lowest BCUT2D eigenvalue weighted by atomic mass is 10.1. The number of aromatic nitrogens is 2. The van der Waals surface area contributed by atoms with Crippen molar-refractivity contribution in [3.63, 3.8) is 0 Å². The monoisotopic (exact) mass is 370 g/mol. The molecule has 0 bridgehead atoms. The van der Waals surface area contributed by atoms with Crippen molar-refractivity contribution in [2.24, 2.45) is 0 Å². The Morgan fingerprint density at radius 2 is 1.85 bits per heavy atom. The highest BCUT2D eigenvalue weighted by Gasteiger charge is 2.09. The molecule has 0 spiro atoms. The van der Waals surface area contributed by atoms with Gasteiger partial charge in [0.25, 0.3) is 0 Å². The Morgan fingerprint density at radius 3 is 2.62 bits per heavy atom. The predicted octanol–water partition coefficient (Wildman–Crippen LogP) is 4.99. The van der Waals surface area contributed by atoms with Crippen LogP contribution in [-0.2, 0) is 0 Å². The van der Waals surface area contributed by atoms with Gasteiger partial charge in [0, 0.05) is 40.8 Å². The maximum Gasteiger partial charge on any atom is 0.323 e. The van der Waals surface area contributed by atoms with Crippen molar-refractivity contribution in [1.29, 1.82) is 0 Å². The second-order valence-corrected chi connectivity index (χ2v) is 6.38. The predicted molar refractivity (Wildman–Crippen MR) is 97.5 cm³/mol. The molecule has 0 radical (unpaired) electrons. The lowest BCUT2D eigenvalue weighted by Gasteiger charge is -2.09. The Bertz CT molecular complexity index is 1080. The molecule has 0 aliphatic carbocycles. The number of thiazole rings is 1. The average Bonchev–Trinajstić information content (AvgIpc) is 3.20. The summed E-state index contributed by atoms with van der Waals surface area (Å²) in [5, 5.41) is 7.08. The summed E-state index contributed by atoms with van der Waals surface area (Å²) in [5.74, 6) is -1.99. The van der Waals surface area contributed by atoms with Crippen LogP contribution >= 0.6 is 11.3 Å². The third-order valence-corrected chi connectivity index (χ3v) is 4.46. The van der Waals surface area contributed by atoms with Crippen LogP contribution in [0.25, 0.3) is 16.2 Å². The van der Waals surface area contributed by atoms with E-state index in [9.17, 15) is 13.6 Å². The molecule has 26 heavy (non-hydrogen) atoms. The van der Waals surface area contributed by atoms with Crippen LogP contribution in [0.2, 0.25) is 0 Å². The van der Waals surface area contributed by atoms with Crippen molar-refractivity contribution in [3.8, 4) is 11.3 Å². The van der Waals surface area contributed by atoms with Gasteiger partial charge in [-0.2, -0.15) is 0 Å². The molecule has 0 saturated heterocycles. The first-order valence-electron chi connectivity index (χ1n) is 7.64. The number of carbonyl (C=O) groups excluding carboxylic acids is 1. The van der Waals surface area contributed by atoms with Gasteiger partial charge in [-0.15, -0.1) is 11.3 Å². The lowest BCUT2D eigenvalue weighted by molar-refractivity contribution is 0.262. The third kappa shape index (κ3) is 3.27. The van der Waals surface area contributed by atoms with Crippen molar-refractivity contribution >= 4 is 33.7 Å². The summed E-state index contributed by atoms with van der Waals surface area (Å²) in [5.41, 5.74) is 2.36. The second-order valence-electron chi connectivity index (χ2n) is 5.51. The standard InChI is InChI=1S/C18H12F2N4OS/c19-14-5-4-13(9-15(14)20)22-17(25)21-12-3-1-2-11(8-12)16-10-24-6-7-26-18(24)23-16/h1-10H,(H2,21,22,25). The van der Waals surface area contributed by atoms with E-state index in [1.54, 1.807) is 18.2 Å². The van der Waals surface area contributed by atoms with E-state index in [0.29, 0.717) is 5.69 Å². The molecule has 5 nitrogen and oxygen atoms in total. The van der Waals surface area contributed by atoms with E-state index in [2.05, 4.69) is 15.6 Å². The summed E-state index contributed by atoms with van der Waals surface area (Å²) < 4.78 is 28.1. The van der Waals surface area contributed by atoms with E-state index in [4.69, 9.17) is 0 Å². The Hall–Kier alpha value is -3.26. The number of imidazole rings is 1. The third-order valence-electron chi connectivity index (χ3n) is 3.69. The number of benzene rings is 2. The molecule has 130 valence electrons. The van der Waals surface area contributed by atoms with Gasteiger partial charge in [-0.3, -0.25) is 4.40 Å². The number of hydrogen-bond donors (Lipinski definition) is 2. The van der Waals surface area contributed by atoms with Crippen LogP contribution in [0.4, 0.5) is 25.0 Å². The van der Waals surface area contributed by atoms with Crippen LogP contribution in [0, 0.1) is 11.6 Å². The van der Waals surface area contributed by atoms with Gasteiger partial charge in [-0.1, -0.05) is 12.1 Å². The van der Waals surface area contributed by atoms with Crippen LogP contribution < -0.4 is 10.6 Å². The van der Waals surface area contributed by atoms with E-state index in [1.807, 2.05) is 28.2 Å². The summed E-state index contributed by atoms with van der Waals surface area (Å²) in [6, 6.07) is 9.81. The van der Waals surface area contributed by atoms with Gasteiger partial charge in [-0.25, -0.2) is 18.6 Å². The summed E-state index contributed by atoms with van der Waals surface area (Å²) >= 11 is 1.54. The number of rotatable bonds is 3. The largest absolute Gasteiger partial charge is 0.323 e. The second kappa shape index (κ2) is 6.57. The van der Waals surface area contributed by atoms with E-state index in [0.717, 1.165) is 28.4 Å². The number of urea groups is 1. The molecule has 4 rings (SSSR count). The fourth-order valence-corrected chi connectivity index (χ4v) is 3.19. The molecular weight excluding hydrogens is 358 g/mol. The molecule has 2 aromatic heterocycles. The maximum atomic E-state index is 13.2. The Kier molecular flexibility index (Phi) is 4.10. The number of nitrogens with one attached hydrogen (secondary N) is 2. The first kappa shape index (κ1) is 16.2. The van der Waals surface area contributed by atoms with Gasteiger partial charge < -0.3 is 10.6 Å². The Labute approximate surface area is 150 Å². The summed E-state index contributed by atoms with van der Waals surface area (Å²) in [7, 11) is 0. The summed E-state index contributed by atoms with van der Waals surface area (Å²) in [6.07, 6.45) is 3.83. The zero-order chi connectivity index (χ0) is 18.1. The molecule has 0 aliphatic rings. The van der Waals surface area contributed by atoms with Crippen LogP contribution in [0.5, 0.6) is 0 Å². The zero-order valence-electron chi connectivity index (χ0n) is 13.2. The molecule has 0 saturated carbocycles. The number of fused-ring (bicyclic) bond motifs is 1. The number of halogens is 2. The molecule has 0 unspecified atom stereocenters. The highest BCUT2D eigenvalue weighted by Crippen LogP contribution is 2.24. The smallest absolute Gasteiger partial charge is 0.308 e. The molecule has 2 heterocycles. The molecule has 0 fully saturated rings. The minimum Gasteiger partial charge on any atom is -0.308 e. The molecular formula is C18H12F2N4OS. The van der Waals surface area contributed by atoms with Gasteiger partial charge in [-0.05, 0) is 24.3 Å². The highest BCUT2D eigenvalue weighted by atomic mass is 32.1. The summed E-state index contributed by atoms with van der Waals surface area (Å²) in [6.45, 7) is 0. The van der Waals surface area contributed by atoms with Crippen LogP contribution in [0.1, 0.15) is 0 Å². The molecule has 2 aromatic carbocycles. The maximum absolute atomic E-state index is 13.2. The van der Waals surface area contributed by atoms with Crippen molar-refractivity contribution < 1.29 is 13.6 Å². The molecule has 0 aliphatic heterocycles. The molecule has 2 amide bonds. The topological polar surface area (TPSA) is 58.4 Å². The van der Waals surface area contributed by atoms with Gasteiger partial charge in [0.2, 0.25) is 0 Å². The minimum absolute atomic E-state index is 0.159. The van der Waals surface area contributed by atoms with E-state index in [-0.39, 0.29) is 5.69 Å². The fraction of sp³-hybridized carbons (Fsp3) is 0. The van der Waals surface area contributed by atoms with Crippen LogP contribution in [0.15, 0.2) is 60.2 Å². The lowest BCUT2D eigenvalue weighted by Crippen LogP contribution is -2.19. The normalized spacial score (nSPS) is 10.8. The molecule has 2 N–H and O–H groups in total. The SMILES string of the molecule is O=C(Nc1cccc(-c2cn3ccsc3n2)c1)Nc1ccc(F)c(F)c1. The first-order valence-corrected chi connectivity index (χ1v) is 8.52. The minimum atomic E-state index is -1.02. The van der Waals surface area contributed by atoms with Crippen molar-refractivity contribution in [1.82, 2.24) is 9.38 Å². The van der Waals surface area contributed by atoms with Crippen molar-refractivity contribution in [2.45, 2.75) is 0 Å². The zero-order valence-corrected chi connectivity index (χ0v) is 14.1. The number of hydrogen-bond acceptors (Lipinski definition) is 3. The average molecular weight is 370 g/mol. The van der Waals surface area contributed by atoms with Gasteiger partial charge >= 0.3 is 6.03 Å². The summed E-state index contributed by atoms with van der Waals surface area (Å²) in [4.78, 5) is 17.5. The number of nitrogens with zero attached hydrogens (tertiary/aromatic N) is 2.